The number of aromatic nitrogens is 2. The molecule has 0 spiro atoms. The number of nitrogens with zero attached hydrogens (tertiary/aromatic N) is 1. The third-order valence-corrected chi connectivity index (χ3v) is 4.10. The van der Waals surface area contributed by atoms with E-state index in [0.29, 0.717) is 11.3 Å². The molecule has 0 radical (unpaired) electrons. The van der Waals surface area contributed by atoms with Crippen LogP contribution in [-0.2, 0) is 10.0 Å². The van der Waals surface area contributed by atoms with Crippen LogP contribution in [0.25, 0.3) is 22.5 Å². The monoisotopic (exact) mass is 299 g/mol. The highest BCUT2D eigenvalue weighted by atomic mass is 32.2. The zero-order chi connectivity index (χ0) is 14.9. The van der Waals surface area contributed by atoms with Gasteiger partial charge >= 0.3 is 0 Å². The van der Waals surface area contributed by atoms with Gasteiger partial charge in [-0.2, -0.15) is 5.10 Å². The Morgan fingerprint density at radius 1 is 0.952 bits per heavy atom. The molecule has 0 bridgehead atoms. The maximum atomic E-state index is 11.6. The maximum absolute atomic E-state index is 11.6. The second-order valence-electron chi connectivity index (χ2n) is 4.57. The second kappa shape index (κ2) is 5.16. The fraction of sp³-hybridized carbons (Fsp3) is 0. The highest BCUT2D eigenvalue weighted by Gasteiger charge is 2.16. The molecule has 0 saturated heterocycles. The van der Waals surface area contributed by atoms with E-state index in [0.717, 1.165) is 11.3 Å². The SMILES string of the molecule is NS(=O)(=O)c1ccccc1-c1cc(-c2ccccc2)[nH]n1. The molecule has 3 rings (SSSR count). The van der Waals surface area contributed by atoms with Gasteiger partial charge in [0.25, 0.3) is 0 Å². The summed E-state index contributed by atoms with van der Waals surface area (Å²) in [5, 5.41) is 12.4. The molecule has 1 heterocycles. The number of hydrogen-bond acceptors (Lipinski definition) is 3. The van der Waals surface area contributed by atoms with Gasteiger partial charge in [-0.05, 0) is 17.7 Å². The molecule has 1 aromatic heterocycles. The van der Waals surface area contributed by atoms with Gasteiger partial charge in [0.1, 0.15) is 0 Å². The predicted molar refractivity (Wildman–Crippen MR) is 80.8 cm³/mol. The summed E-state index contributed by atoms with van der Waals surface area (Å²) in [7, 11) is -3.79. The fourth-order valence-corrected chi connectivity index (χ4v) is 2.90. The van der Waals surface area contributed by atoms with Crippen LogP contribution >= 0.6 is 0 Å². The number of benzene rings is 2. The number of rotatable bonds is 3. The number of hydrogen-bond donors (Lipinski definition) is 2. The predicted octanol–water partition coefficient (Wildman–Crippen LogP) is 2.39. The van der Waals surface area contributed by atoms with Crippen molar-refractivity contribution < 1.29 is 8.42 Å². The zero-order valence-electron chi connectivity index (χ0n) is 11.0. The second-order valence-corrected chi connectivity index (χ2v) is 6.10. The van der Waals surface area contributed by atoms with Crippen molar-refractivity contribution in [3.63, 3.8) is 0 Å². The third kappa shape index (κ3) is 2.72. The van der Waals surface area contributed by atoms with Crippen molar-refractivity contribution in [1.29, 1.82) is 0 Å². The lowest BCUT2D eigenvalue weighted by Crippen LogP contribution is -2.13. The standard InChI is InChI=1S/C15H13N3O2S/c16-21(19,20)15-9-5-4-8-12(15)14-10-13(17-18-14)11-6-2-1-3-7-11/h1-10H,(H,17,18)(H2,16,19,20). The van der Waals surface area contributed by atoms with Crippen LogP contribution in [0.15, 0.2) is 65.6 Å². The van der Waals surface area contributed by atoms with E-state index in [-0.39, 0.29) is 4.90 Å². The Balaban J connectivity index is 2.10. The van der Waals surface area contributed by atoms with Crippen LogP contribution < -0.4 is 5.14 Å². The largest absolute Gasteiger partial charge is 0.277 e. The summed E-state index contributed by atoms with van der Waals surface area (Å²) in [6.45, 7) is 0. The average Bonchev–Trinajstić information content (AvgIpc) is 2.97. The van der Waals surface area contributed by atoms with E-state index in [2.05, 4.69) is 10.2 Å². The first-order chi connectivity index (χ1) is 10.1. The molecule has 0 unspecified atom stereocenters. The molecule has 2 aromatic carbocycles. The van der Waals surface area contributed by atoms with Crippen molar-refractivity contribution in [2.75, 3.05) is 0 Å². The minimum absolute atomic E-state index is 0.0658. The van der Waals surface area contributed by atoms with Crippen molar-refractivity contribution in [2.45, 2.75) is 4.90 Å². The number of nitrogens with one attached hydrogen (secondary N) is 1. The van der Waals surface area contributed by atoms with Gasteiger partial charge in [0.05, 0.1) is 16.3 Å². The normalized spacial score (nSPS) is 11.5. The lowest BCUT2D eigenvalue weighted by molar-refractivity contribution is 0.598. The molecule has 0 amide bonds. The smallest absolute Gasteiger partial charge is 0.238 e. The Hall–Kier alpha value is -2.44. The number of primary sulfonamides is 1. The van der Waals surface area contributed by atoms with Crippen molar-refractivity contribution in [3.05, 3.63) is 60.7 Å². The van der Waals surface area contributed by atoms with Crippen LogP contribution in [0.5, 0.6) is 0 Å². The topological polar surface area (TPSA) is 88.8 Å². The molecule has 0 aliphatic carbocycles. The third-order valence-electron chi connectivity index (χ3n) is 3.13. The van der Waals surface area contributed by atoms with E-state index >= 15 is 0 Å². The molecular weight excluding hydrogens is 286 g/mol. The quantitative estimate of drug-likeness (QED) is 0.778. The molecule has 0 aliphatic heterocycles. The molecule has 5 nitrogen and oxygen atoms in total. The van der Waals surface area contributed by atoms with Crippen LogP contribution in [0.2, 0.25) is 0 Å². The number of nitrogens with two attached hydrogens (primary N) is 1. The van der Waals surface area contributed by atoms with Crippen LogP contribution in [0, 0.1) is 0 Å². The van der Waals surface area contributed by atoms with Gasteiger partial charge in [0, 0.05) is 5.56 Å². The van der Waals surface area contributed by atoms with Crippen molar-refractivity contribution >= 4 is 10.0 Å². The molecule has 6 heteroatoms. The van der Waals surface area contributed by atoms with Gasteiger partial charge in [-0.25, -0.2) is 13.6 Å². The van der Waals surface area contributed by atoms with Gasteiger partial charge in [0.2, 0.25) is 10.0 Å². The highest BCUT2D eigenvalue weighted by molar-refractivity contribution is 7.89. The minimum Gasteiger partial charge on any atom is -0.277 e. The average molecular weight is 299 g/mol. The molecule has 0 saturated carbocycles. The highest BCUT2D eigenvalue weighted by Crippen LogP contribution is 2.28. The molecule has 0 atom stereocenters. The number of aromatic amines is 1. The summed E-state index contributed by atoms with van der Waals surface area (Å²) >= 11 is 0. The number of sulfonamides is 1. The van der Waals surface area contributed by atoms with Crippen LogP contribution in [0.1, 0.15) is 0 Å². The van der Waals surface area contributed by atoms with E-state index in [1.54, 1.807) is 24.3 Å². The summed E-state index contributed by atoms with van der Waals surface area (Å²) < 4.78 is 23.3. The molecule has 0 fully saturated rings. The van der Waals surface area contributed by atoms with Gasteiger partial charge in [-0.1, -0.05) is 48.5 Å². The van der Waals surface area contributed by atoms with E-state index < -0.39 is 10.0 Å². The Morgan fingerprint density at radius 3 is 2.33 bits per heavy atom. The first-order valence-electron chi connectivity index (χ1n) is 6.29. The van der Waals surface area contributed by atoms with Crippen molar-refractivity contribution in [1.82, 2.24) is 10.2 Å². The first-order valence-corrected chi connectivity index (χ1v) is 7.83. The molecule has 3 aromatic rings. The van der Waals surface area contributed by atoms with Gasteiger partial charge in [-0.3, -0.25) is 5.10 Å². The Bertz CT molecular complexity index is 871. The molecular formula is C15H13N3O2S. The molecule has 21 heavy (non-hydrogen) atoms. The zero-order valence-corrected chi connectivity index (χ0v) is 11.8. The van der Waals surface area contributed by atoms with Gasteiger partial charge < -0.3 is 0 Å². The van der Waals surface area contributed by atoms with Crippen molar-refractivity contribution in [3.8, 4) is 22.5 Å². The van der Waals surface area contributed by atoms with Gasteiger partial charge in [0.15, 0.2) is 0 Å². The Labute approximate surface area is 122 Å². The first kappa shape index (κ1) is 13.5. The summed E-state index contributed by atoms with van der Waals surface area (Å²) in [6.07, 6.45) is 0. The lowest BCUT2D eigenvalue weighted by atomic mass is 10.1. The van der Waals surface area contributed by atoms with E-state index in [1.165, 1.54) is 6.07 Å². The van der Waals surface area contributed by atoms with E-state index in [9.17, 15) is 8.42 Å². The lowest BCUT2D eigenvalue weighted by Gasteiger charge is -2.03. The van der Waals surface area contributed by atoms with E-state index in [4.69, 9.17) is 5.14 Å². The van der Waals surface area contributed by atoms with Crippen LogP contribution in [-0.4, -0.2) is 18.6 Å². The van der Waals surface area contributed by atoms with Gasteiger partial charge in [-0.15, -0.1) is 0 Å². The summed E-state index contributed by atoms with van der Waals surface area (Å²) in [5.74, 6) is 0. The number of H-pyrrole nitrogens is 1. The Kier molecular flexibility index (Phi) is 3.32. The minimum atomic E-state index is -3.79. The maximum Gasteiger partial charge on any atom is 0.238 e. The summed E-state index contributed by atoms with van der Waals surface area (Å²) in [6, 6.07) is 18.0. The fourth-order valence-electron chi connectivity index (χ4n) is 2.15. The summed E-state index contributed by atoms with van der Waals surface area (Å²) in [5.41, 5.74) is 2.82. The Morgan fingerprint density at radius 2 is 1.62 bits per heavy atom. The molecule has 106 valence electrons. The van der Waals surface area contributed by atoms with Crippen LogP contribution in [0.4, 0.5) is 0 Å². The van der Waals surface area contributed by atoms with Crippen LogP contribution in [0.3, 0.4) is 0 Å². The van der Waals surface area contributed by atoms with E-state index in [1.807, 2.05) is 30.3 Å². The van der Waals surface area contributed by atoms with Crippen molar-refractivity contribution in [2.24, 2.45) is 5.14 Å². The molecule has 3 N–H and O–H groups in total. The molecule has 0 aliphatic rings. The summed E-state index contributed by atoms with van der Waals surface area (Å²) in [4.78, 5) is 0.0658.